The normalized spacial score (nSPS) is 35.7. The van der Waals surface area contributed by atoms with Crippen LogP contribution in [0.5, 0.6) is 0 Å². The van der Waals surface area contributed by atoms with Crippen LogP contribution in [0.25, 0.3) is 0 Å². The van der Waals surface area contributed by atoms with Gasteiger partial charge in [0.15, 0.2) is 0 Å². The Kier molecular flexibility index (Phi) is 4.78. The zero-order valence-corrected chi connectivity index (χ0v) is 12.7. The Labute approximate surface area is 122 Å². The van der Waals surface area contributed by atoms with Gasteiger partial charge >= 0.3 is 0 Å². The third kappa shape index (κ3) is 3.25. The molecule has 2 N–H and O–H groups in total. The van der Waals surface area contributed by atoms with E-state index in [1.807, 2.05) is 0 Å². The maximum Gasteiger partial charge on any atom is 0.237 e. The highest BCUT2D eigenvalue weighted by molar-refractivity contribution is 5.85. The van der Waals surface area contributed by atoms with Crippen molar-refractivity contribution in [2.75, 3.05) is 6.54 Å². The standard InChI is InChI=1S/C15H26N2O.ClH/c1-15(7-4-8-15)10-16-14(18)13-9-11-5-2-3-6-12(11)17-13;/h11-13,17H,2-10H2,1H3,(H,16,18);1H. The van der Waals surface area contributed by atoms with E-state index < -0.39 is 0 Å². The molecule has 0 radical (unpaired) electrons. The molecule has 19 heavy (non-hydrogen) atoms. The van der Waals surface area contributed by atoms with Gasteiger partial charge in [0.25, 0.3) is 0 Å². The average Bonchev–Trinajstić information content (AvgIpc) is 2.77. The second-order valence-electron chi connectivity index (χ2n) is 6.99. The zero-order chi connectivity index (χ0) is 12.6. The SMILES string of the molecule is CC1(CNC(=O)C2CC3CCCCC3N2)CCC1.Cl. The van der Waals surface area contributed by atoms with Crippen LogP contribution in [0.15, 0.2) is 0 Å². The molecule has 0 aromatic rings. The summed E-state index contributed by atoms with van der Waals surface area (Å²) >= 11 is 0. The molecule has 3 rings (SSSR count). The number of amides is 1. The quantitative estimate of drug-likeness (QED) is 0.837. The Bertz CT molecular complexity index is 316. The Morgan fingerprint density at radius 3 is 2.63 bits per heavy atom. The third-order valence-corrected chi connectivity index (χ3v) is 5.43. The summed E-state index contributed by atoms with van der Waals surface area (Å²) < 4.78 is 0. The maximum absolute atomic E-state index is 12.2. The van der Waals surface area contributed by atoms with Crippen molar-refractivity contribution in [1.29, 1.82) is 0 Å². The number of carbonyl (C=O) groups is 1. The lowest BCUT2D eigenvalue weighted by Crippen LogP contribution is -2.47. The predicted molar refractivity (Wildman–Crippen MR) is 79.5 cm³/mol. The highest BCUT2D eigenvalue weighted by Gasteiger charge is 2.39. The molecule has 3 unspecified atom stereocenters. The van der Waals surface area contributed by atoms with Gasteiger partial charge in [-0.25, -0.2) is 0 Å². The van der Waals surface area contributed by atoms with Gasteiger partial charge in [0, 0.05) is 12.6 Å². The van der Waals surface area contributed by atoms with Gasteiger partial charge in [-0.2, -0.15) is 0 Å². The fourth-order valence-electron chi connectivity index (χ4n) is 3.90. The second-order valence-corrected chi connectivity index (χ2v) is 6.99. The maximum atomic E-state index is 12.2. The fourth-order valence-corrected chi connectivity index (χ4v) is 3.90. The highest BCUT2D eigenvalue weighted by Crippen LogP contribution is 2.39. The van der Waals surface area contributed by atoms with Gasteiger partial charge < -0.3 is 10.6 Å². The monoisotopic (exact) mass is 286 g/mol. The molecular formula is C15H27ClN2O. The summed E-state index contributed by atoms with van der Waals surface area (Å²) in [5.41, 5.74) is 0.390. The van der Waals surface area contributed by atoms with E-state index in [1.165, 1.54) is 44.9 Å². The summed E-state index contributed by atoms with van der Waals surface area (Å²) in [4.78, 5) is 12.2. The van der Waals surface area contributed by atoms with E-state index in [2.05, 4.69) is 17.6 Å². The van der Waals surface area contributed by atoms with Crippen LogP contribution >= 0.6 is 12.4 Å². The Balaban J connectivity index is 0.00000133. The number of fused-ring (bicyclic) bond motifs is 1. The van der Waals surface area contributed by atoms with E-state index in [1.54, 1.807) is 0 Å². The number of hydrogen-bond acceptors (Lipinski definition) is 2. The van der Waals surface area contributed by atoms with E-state index in [-0.39, 0.29) is 24.4 Å². The van der Waals surface area contributed by atoms with Crippen LogP contribution in [0.4, 0.5) is 0 Å². The molecular weight excluding hydrogens is 260 g/mol. The van der Waals surface area contributed by atoms with E-state index >= 15 is 0 Å². The lowest BCUT2D eigenvalue weighted by molar-refractivity contribution is -0.123. The average molecular weight is 287 g/mol. The molecule has 3 nitrogen and oxygen atoms in total. The zero-order valence-electron chi connectivity index (χ0n) is 11.9. The summed E-state index contributed by atoms with van der Waals surface area (Å²) in [7, 11) is 0. The number of carbonyl (C=O) groups excluding carboxylic acids is 1. The van der Waals surface area contributed by atoms with Crippen molar-refractivity contribution in [2.24, 2.45) is 11.3 Å². The largest absolute Gasteiger partial charge is 0.354 e. The van der Waals surface area contributed by atoms with Gasteiger partial charge in [0.2, 0.25) is 5.91 Å². The van der Waals surface area contributed by atoms with Gasteiger partial charge in [-0.05, 0) is 43.4 Å². The topological polar surface area (TPSA) is 41.1 Å². The number of nitrogens with one attached hydrogen (secondary N) is 2. The molecule has 1 amide bonds. The van der Waals surface area contributed by atoms with Crippen molar-refractivity contribution in [3.8, 4) is 0 Å². The Morgan fingerprint density at radius 2 is 2.00 bits per heavy atom. The van der Waals surface area contributed by atoms with Crippen LogP contribution in [-0.2, 0) is 4.79 Å². The first kappa shape index (κ1) is 15.1. The van der Waals surface area contributed by atoms with Gasteiger partial charge in [-0.3, -0.25) is 4.79 Å². The van der Waals surface area contributed by atoms with Crippen molar-refractivity contribution in [3.05, 3.63) is 0 Å². The molecule has 1 saturated heterocycles. The summed E-state index contributed by atoms with van der Waals surface area (Å²) in [6.45, 7) is 3.16. The van der Waals surface area contributed by atoms with Crippen LogP contribution in [-0.4, -0.2) is 24.5 Å². The van der Waals surface area contributed by atoms with Crippen molar-refractivity contribution in [1.82, 2.24) is 10.6 Å². The first-order valence-corrected chi connectivity index (χ1v) is 7.70. The van der Waals surface area contributed by atoms with Crippen LogP contribution in [0, 0.1) is 11.3 Å². The van der Waals surface area contributed by atoms with Crippen LogP contribution in [0.3, 0.4) is 0 Å². The molecule has 110 valence electrons. The first-order valence-electron chi connectivity index (χ1n) is 7.70. The molecule has 3 atom stereocenters. The molecule has 0 bridgehead atoms. The number of rotatable bonds is 3. The molecule has 1 heterocycles. The smallest absolute Gasteiger partial charge is 0.237 e. The summed E-state index contributed by atoms with van der Waals surface area (Å²) in [6, 6.07) is 0.704. The van der Waals surface area contributed by atoms with E-state index in [9.17, 15) is 4.79 Å². The molecule has 2 aliphatic carbocycles. The summed E-state index contributed by atoms with van der Waals surface area (Å²) in [5.74, 6) is 1.01. The number of halogens is 1. The van der Waals surface area contributed by atoms with Gasteiger partial charge in [0.05, 0.1) is 6.04 Å². The Hall–Kier alpha value is -0.280. The van der Waals surface area contributed by atoms with Gasteiger partial charge in [-0.1, -0.05) is 26.2 Å². The molecule has 3 fully saturated rings. The minimum atomic E-state index is 0. The van der Waals surface area contributed by atoms with Crippen molar-refractivity contribution in [2.45, 2.75) is 70.4 Å². The first-order chi connectivity index (χ1) is 8.66. The molecule has 0 spiro atoms. The molecule has 4 heteroatoms. The second kappa shape index (κ2) is 6.01. The van der Waals surface area contributed by atoms with Crippen molar-refractivity contribution < 1.29 is 4.79 Å². The summed E-state index contributed by atoms with van der Waals surface area (Å²) in [6.07, 6.45) is 10.2. The van der Waals surface area contributed by atoms with E-state index in [4.69, 9.17) is 0 Å². The molecule has 1 aliphatic heterocycles. The van der Waals surface area contributed by atoms with Crippen LogP contribution in [0.2, 0.25) is 0 Å². The van der Waals surface area contributed by atoms with Gasteiger partial charge in [-0.15, -0.1) is 12.4 Å². The predicted octanol–water partition coefficient (Wildman–Crippen LogP) is 2.64. The summed E-state index contributed by atoms with van der Waals surface area (Å²) in [5, 5.41) is 6.73. The molecule has 2 saturated carbocycles. The van der Waals surface area contributed by atoms with E-state index in [0.29, 0.717) is 11.5 Å². The minimum Gasteiger partial charge on any atom is -0.354 e. The van der Waals surface area contributed by atoms with Crippen LogP contribution in [0.1, 0.15) is 58.3 Å². The van der Waals surface area contributed by atoms with Crippen LogP contribution < -0.4 is 10.6 Å². The van der Waals surface area contributed by atoms with Gasteiger partial charge in [0.1, 0.15) is 0 Å². The lowest BCUT2D eigenvalue weighted by atomic mass is 9.70. The highest BCUT2D eigenvalue weighted by atomic mass is 35.5. The molecule has 0 aromatic heterocycles. The van der Waals surface area contributed by atoms with E-state index in [0.717, 1.165) is 18.9 Å². The third-order valence-electron chi connectivity index (χ3n) is 5.43. The molecule has 0 aromatic carbocycles. The lowest BCUT2D eigenvalue weighted by Gasteiger charge is -2.38. The molecule has 3 aliphatic rings. The van der Waals surface area contributed by atoms with Crippen molar-refractivity contribution >= 4 is 18.3 Å². The Morgan fingerprint density at radius 1 is 1.26 bits per heavy atom. The fraction of sp³-hybridized carbons (Fsp3) is 0.933. The minimum absolute atomic E-state index is 0. The number of hydrogen-bond donors (Lipinski definition) is 2. The van der Waals surface area contributed by atoms with Crippen molar-refractivity contribution in [3.63, 3.8) is 0 Å².